The first-order valence-electron chi connectivity index (χ1n) is 8.82. The molecule has 0 bridgehead atoms. The van der Waals surface area contributed by atoms with Crippen LogP contribution < -0.4 is 20.7 Å². The highest BCUT2D eigenvalue weighted by atomic mass is 127. The zero-order chi connectivity index (χ0) is 19.4. The Kier molecular flexibility index (Phi) is 12.3. The Morgan fingerprint density at radius 3 is 2.44 bits per heavy atom. The summed E-state index contributed by atoms with van der Waals surface area (Å²) in [7, 11) is 0. The minimum absolute atomic E-state index is 0. The van der Waals surface area contributed by atoms with E-state index in [2.05, 4.69) is 26.9 Å². The first-order valence-corrected chi connectivity index (χ1v) is 8.82. The van der Waals surface area contributed by atoms with Crippen LogP contribution in [0.1, 0.15) is 33.3 Å². The standard InChI is InChI=1S/C20H30N4O2.HI/c1-6-14-26-17-10-8-16(9-11-17)12-13-22-19(21-7-2)23-15-18(25)24-20(3,4)5;/h1,8-11H,7,12-15H2,2-5H3,(H,24,25)(H2,21,22,23);1H. The number of benzene rings is 1. The van der Waals surface area contributed by atoms with Crippen molar-refractivity contribution < 1.29 is 9.53 Å². The van der Waals surface area contributed by atoms with Gasteiger partial charge in [0, 0.05) is 18.6 Å². The molecular formula is C20H31IN4O2. The summed E-state index contributed by atoms with van der Waals surface area (Å²) >= 11 is 0. The van der Waals surface area contributed by atoms with Crippen LogP contribution in [0.5, 0.6) is 5.75 Å². The van der Waals surface area contributed by atoms with Gasteiger partial charge in [0.2, 0.25) is 5.91 Å². The highest BCUT2D eigenvalue weighted by Gasteiger charge is 2.13. The summed E-state index contributed by atoms with van der Waals surface area (Å²) in [5.41, 5.74) is 0.918. The molecule has 0 unspecified atom stereocenters. The molecule has 150 valence electrons. The number of ether oxygens (including phenoxy) is 1. The van der Waals surface area contributed by atoms with Crippen molar-refractivity contribution in [2.24, 2.45) is 4.99 Å². The van der Waals surface area contributed by atoms with E-state index < -0.39 is 0 Å². The number of hydrogen-bond donors (Lipinski definition) is 3. The third-order valence-electron chi connectivity index (χ3n) is 3.19. The van der Waals surface area contributed by atoms with Crippen molar-refractivity contribution in [2.75, 3.05) is 26.2 Å². The maximum atomic E-state index is 11.9. The van der Waals surface area contributed by atoms with Crippen molar-refractivity contribution in [2.45, 2.75) is 39.7 Å². The molecule has 0 aliphatic heterocycles. The summed E-state index contributed by atoms with van der Waals surface area (Å²) < 4.78 is 5.35. The number of nitrogens with one attached hydrogen (secondary N) is 3. The van der Waals surface area contributed by atoms with E-state index in [0.29, 0.717) is 12.5 Å². The Bertz CT molecular complexity index is 631. The highest BCUT2D eigenvalue weighted by Crippen LogP contribution is 2.12. The van der Waals surface area contributed by atoms with E-state index >= 15 is 0 Å². The molecular weight excluding hydrogens is 455 g/mol. The fourth-order valence-electron chi connectivity index (χ4n) is 2.15. The number of guanidine groups is 1. The van der Waals surface area contributed by atoms with Crippen LogP contribution in [0.15, 0.2) is 29.3 Å². The molecule has 3 N–H and O–H groups in total. The first-order chi connectivity index (χ1) is 12.3. The van der Waals surface area contributed by atoms with Crippen LogP contribution in [0.3, 0.4) is 0 Å². The first kappa shape index (κ1) is 25.1. The third kappa shape index (κ3) is 12.1. The minimum Gasteiger partial charge on any atom is -0.481 e. The largest absolute Gasteiger partial charge is 0.481 e. The Hall–Kier alpha value is -1.95. The van der Waals surface area contributed by atoms with Gasteiger partial charge in [0.15, 0.2) is 5.96 Å². The minimum atomic E-state index is -0.255. The number of amides is 1. The summed E-state index contributed by atoms with van der Waals surface area (Å²) in [6.45, 7) is 9.62. The van der Waals surface area contributed by atoms with E-state index in [1.54, 1.807) is 0 Å². The van der Waals surface area contributed by atoms with Crippen molar-refractivity contribution in [3.8, 4) is 18.1 Å². The summed E-state index contributed by atoms with van der Waals surface area (Å²) in [5.74, 6) is 3.73. The summed E-state index contributed by atoms with van der Waals surface area (Å²) in [6.07, 6.45) is 6.00. The average molecular weight is 486 g/mol. The van der Waals surface area contributed by atoms with Gasteiger partial charge >= 0.3 is 0 Å². The smallest absolute Gasteiger partial charge is 0.242 e. The zero-order valence-corrected chi connectivity index (χ0v) is 18.9. The fourth-order valence-corrected chi connectivity index (χ4v) is 2.15. The molecule has 0 aliphatic carbocycles. The zero-order valence-electron chi connectivity index (χ0n) is 16.6. The lowest BCUT2D eigenvalue weighted by atomic mass is 10.1. The second-order valence-electron chi connectivity index (χ2n) is 6.81. The van der Waals surface area contributed by atoms with E-state index in [4.69, 9.17) is 11.2 Å². The van der Waals surface area contributed by atoms with Crippen LogP contribution in [-0.2, 0) is 11.2 Å². The maximum absolute atomic E-state index is 11.9. The molecule has 6 nitrogen and oxygen atoms in total. The van der Waals surface area contributed by atoms with E-state index in [0.717, 1.165) is 18.7 Å². The number of rotatable bonds is 8. The van der Waals surface area contributed by atoms with E-state index in [-0.39, 0.29) is 48.6 Å². The highest BCUT2D eigenvalue weighted by molar-refractivity contribution is 14.0. The predicted octanol–water partition coefficient (Wildman–Crippen LogP) is 2.33. The van der Waals surface area contributed by atoms with Crippen LogP contribution in [0.4, 0.5) is 0 Å². The van der Waals surface area contributed by atoms with Gasteiger partial charge in [0.1, 0.15) is 18.9 Å². The molecule has 0 aromatic heterocycles. The van der Waals surface area contributed by atoms with Crippen molar-refractivity contribution in [3.63, 3.8) is 0 Å². The van der Waals surface area contributed by atoms with Crippen LogP contribution in [0.2, 0.25) is 0 Å². The van der Waals surface area contributed by atoms with Crippen LogP contribution in [-0.4, -0.2) is 43.6 Å². The second kappa shape index (κ2) is 13.3. The molecule has 0 atom stereocenters. The van der Waals surface area contributed by atoms with Crippen LogP contribution in [0.25, 0.3) is 0 Å². The Balaban J connectivity index is 0.00000676. The number of terminal acetylenes is 1. The average Bonchev–Trinajstić information content (AvgIpc) is 2.57. The van der Waals surface area contributed by atoms with Gasteiger partial charge in [-0.2, -0.15) is 0 Å². The van der Waals surface area contributed by atoms with Crippen molar-refractivity contribution in [3.05, 3.63) is 29.8 Å². The lowest BCUT2D eigenvalue weighted by Crippen LogP contribution is -2.43. The van der Waals surface area contributed by atoms with E-state index in [1.807, 2.05) is 52.0 Å². The van der Waals surface area contributed by atoms with Crippen LogP contribution >= 0.6 is 24.0 Å². The van der Waals surface area contributed by atoms with Gasteiger partial charge in [-0.15, -0.1) is 30.4 Å². The van der Waals surface area contributed by atoms with E-state index in [9.17, 15) is 4.79 Å². The number of hydrogen-bond acceptors (Lipinski definition) is 3. The van der Waals surface area contributed by atoms with Crippen molar-refractivity contribution in [1.82, 2.24) is 16.0 Å². The lowest BCUT2D eigenvalue weighted by Gasteiger charge is -2.20. The molecule has 1 aromatic carbocycles. The monoisotopic (exact) mass is 486 g/mol. The molecule has 1 rings (SSSR count). The molecule has 0 saturated carbocycles. The number of nitrogens with zero attached hydrogens (tertiary/aromatic N) is 1. The molecule has 0 aliphatic rings. The second-order valence-corrected chi connectivity index (χ2v) is 6.81. The molecule has 0 heterocycles. The topological polar surface area (TPSA) is 74.8 Å². The third-order valence-corrected chi connectivity index (χ3v) is 3.19. The van der Waals surface area contributed by atoms with Gasteiger partial charge in [0.25, 0.3) is 0 Å². The number of halogens is 1. The molecule has 1 amide bonds. The Labute approximate surface area is 180 Å². The van der Waals surface area contributed by atoms with Gasteiger partial charge < -0.3 is 20.7 Å². The molecule has 0 fully saturated rings. The number of carbonyl (C=O) groups excluding carboxylic acids is 1. The molecule has 0 spiro atoms. The summed E-state index contributed by atoms with van der Waals surface area (Å²) in [4.78, 5) is 16.2. The van der Waals surface area contributed by atoms with Gasteiger partial charge in [0.05, 0.1) is 0 Å². The molecule has 27 heavy (non-hydrogen) atoms. The van der Waals surface area contributed by atoms with Gasteiger partial charge in [-0.1, -0.05) is 18.1 Å². The molecule has 7 heteroatoms. The van der Waals surface area contributed by atoms with Gasteiger partial charge in [-0.05, 0) is 51.8 Å². The predicted molar refractivity (Wildman–Crippen MR) is 122 cm³/mol. The molecule has 0 radical (unpaired) electrons. The van der Waals surface area contributed by atoms with Gasteiger partial charge in [-0.3, -0.25) is 4.79 Å². The fraction of sp³-hybridized carbons (Fsp3) is 0.500. The number of carbonyl (C=O) groups is 1. The van der Waals surface area contributed by atoms with Crippen molar-refractivity contribution in [1.29, 1.82) is 0 Å². The normalized spacial score (nSPS) is 11.0. The van der Waals surface area contributed by atoms with Gasteiger partial charge in [-0.25, -0.2) is 4.99 Å². The van der Waals surface area contributed by atoms with E-state index in [1.165, 1.54) is 5.56 Å². The lowest BCUT2D eigenvalue weighted by molar-refractivity contribution is -0.121. The van der Waals surface area contributed by atoms with Crippen molar-refractivity contribution >= 4 is 35.8 Å². The molecule has 0 saturated heterocycles. The molecule has 1 aromatic rings. The Morgan fingerprint density at radius 2 is 1.89 bits per heavy atom. The van der Waals surface area contributed by atoms with Crippen LogP contribution in [0, 0.1) is 12.3 Å². The SMILES string of the molecule is C#CCOc1ccc(CCNC(=NCC(=O)NC(C)(C)C)NCC)cc1.I. The Morgan fingerprint density at radius 1 is 1.22 bits per heavy atom. The maximum Gasteiger partial charge on any atom is 0.242 e. The number of aliphatic imine (C=N–C) groups is 1. The summed E-state index contributed by atoms with van der Waals surface area (Å²) in [6, 6.07) is 7.83. The quantitative estimate of drug-likeness (QED) is 0.228. The summed E-state index contributed by atoms with van der Waals surface area (Å²) in [5, 5.41) is 9.27.